The zero-order valence-corrected chi connectivity index (χ0v) is 16.1. The number of benzene rings is 1. The van der Waals surface area contributed by atoms with Gasteiger partial charge < -0.3 is 10.1 Å². The second-order valence-corrected chi connectivity index (χ2v) is 6.88. The summed E-state index contributed by atoms with van der Waals surface area (Å²) in [5.41, 5.74) is 1.15. The molecule has 2 rings (SSSR count). The number of nitrogens with zero attached hydrogens (tertiary/aromatic N) is 1. The molecule has 1 amide bonds. The summed E-state index contributed by atoms with van der Waals surface area (Å²) in [4.78, 5) is 16.0. The summed E-state index contributed by atoms with van der Waals surface area (Å²) in [6.45, 7) is 6.93. The Balaban J connectivity index is 1.85. The fourth-order valence-corrected chi connectivity index (χ4v) is 3.76. The quantitative estimate of drug-likeness (QED) is 0.699. The van der Waals surface area contributed by atoms with Crippen LogP contribution in [0.1, 0.15) is 36.8 Å². The average Bonchev–Trinajstić information content (AvgIpc) is 3.18. The van der Waals surface area contributed by atoms with Gasteiger partial charge in [0, 0.05) is 17.8 Å². The van der Waals surface area contributed by atoms with E-state index < -0.39 is 0 Å². The minimum Gasteiger partial charge on any atom is -0.497 e. The number of carbonyl (C=O) groups excluding carboxylic acids is 1. The van der Waals surface area contributed by atoms with Crippen molar-refractivity contribution in [2.75, 3.05) is 26.7 Å². The lowest BCUT2D eigenvalue weighted by Gasteiger charge is -2.29. The third-order valence-corrected chi connectivity index (χ3v) is 5.39. The van der Waals surface area contributed by atoms with Gasteiger partial charge in [-0.1, -0.05) is 32.0 Å². The van der Waals surface area contributed by atoms with Crippen molar-refractivity contribution in [3.8, 4) is 5.75 Å². The molecule has 4 nitrogen and oxygen atoms in total. The largest absolute Gasteiger partial charge is 0.497 e. The van der Waals surface area contributed by atoms with Crippen molar-refractivity contribution in [1.29, 1.82) is 0 Å². The first-order valence-electron chi connectivity index (χ1n) is 8.85. The summed E-state index contributed by atoms with van der Waals surface area (Å²) in [5.74, 6) is 0.941. The van der Waals surface area contributed by atoms with Crippen LogP contribution in [-0.4, -0.2) is 37.6 Å². The molecule has 0 aliphatic heterocycles. The molecule has 0 fully saturated rings. The molecular formula is C20H28N2O2S. The zero-order valence-electron chi connectivity index (χ0n) is 15.3. The maximum atomic E-state index is 12.3. The molecule has 25 heavy (non-hydrogen) atoms. The number of carbonyl (C=O) groups is 1. The average molecular weight is 361 g/mol. The van der Waals surface area contributed by atoms with E-state index in [-0.39, 0.29) is 11.9 Å². The van der Waals surface area contributed by atoms with Crippen LogP contribution < -0.4 is 10.1 Å². The predicted molar refractivity (Wildman–Crippen MR) is 104 cm³/mol. The Morgan fingerprint density at radius 1 is 1.20 bits per heavy atom. The summed E-state index contributed by atoms with van der Waals surface area (Å²) >= 11 is 1.75. The van der Waals surface area contributed by atoms with Crippen LogP contribution in [0.3, 0.4) is 0 Å². The van der Waals surface area contributed by atoms with Crippen LogP contribution in [0.25, 0.3) is 0 Å². The van der Waals surface area contributed by atoms with Crippen molar-refractivity contribution in [1.82, 2.24) is 10.2 Å². The minimum atomic E-state index is 0.101. The van der Waals surface area contributed by atoms with Crippen molar-refractivity contribution < 1.29 is 9.53 Å². The lowest BCUT2D eigenvalue weighted by Crippen LogP contribution is -2.37. The second-order valence-electron chi connectivity index (χ2n) is 5.90. The molecule has 1 heterocycles. The van der Waals surface area contributed by atoms with Gasteiger partial charge in [0.05, 0.1) is 13.2 Å². The van der Waals surface area contributed by atoms with Crippen molar-refractivity contribution >= 4 is 17.2 Å². The molecule has 0 saturated heterocycles. The predicted octanol–water partition coefficient (Wildman–Crippen LogP) is 3.89. The highest BCUT2D eigenvalue weighted by atomic mass is 32.1. The van der Waals surface area contributed by atoms with Gasteiger partial charge >= 0.3 is 0 Å². The molecular weight excluding hydrogens is 332 g/mol. The Bertz CT molecular complexity index is 622. The maximum Gasteiger partial charge on any atom is 0.220 e. The molecule has 5 heteroatoms. The van der Waals surface area contributed by atoms with Crippen LogP contribution >= 0.6 is 11.3 Å². The SMILES string of the molecule is CCN(CC)C(CNC(=O)CCc1ccc(OC)cc1)c1cccs1. The standard InChI is InChI=1S/C20H28N2O2S/c1-4-22(5-2)18(19-7-6-14-25-19)15-21-20(23)13-10-16-8-11-17(24-3)12-9-16/h6-9,11-12,14,18H,4-5,10,13,15H2,1-3H3,(H,21,23). The lowest BCUT2D eigenvalue weighted by molar-refractivity contribution is -0.121. The van der Waals surface area contributed by atoms with Crippen molar-refractivity contribution in [2.24, 2.45) is 0 Å². The second kappa shape index (κ2) is 10.2. The molecule has 0 radical (unpaired) electrons. The zero-order chi connectivity index (χ0) is 18.1. The van der Waals surface area contributed by atoms with Gasteiger partial charge in [0.1, 0.15) is 5.75 Å². The molecule has 0 aliphatic rings. The van der Waals surface area contributed by atoms with Gasteiger partial charge in [0.25, 0.3) is 0 Å². The van der Waals surface area contributed by atoms with Gasteiger partial charge in [-0.05, 0) is 48.7 Å². The molecule has 0 aliphatic carbocycles. The van der Waals surface area contributed by atoms with Crippen LogP contribution in [-0.2, 0) is 11.2 Å². The smallest absolute Gasteiger partial charge is 0.220 e. The summed E-state index contributed by atoms with van der Waals surface area (Å²) < 4.78 is 5.16. The van der Waals surface area contributed by atoms with E-state index in [9.17, 15) is 4.79 Å². The molecule has 1 unspecified atom stereocenters. The molecule has 0 spiro atoms. The van der Waals surface area contributed by atoms with E-state index in [1.807, 2.05) is 24.3 Å². The van der Waals surface area contributed by atoms with Gasteiger partial charge in [-0.2, -0.15) is 0 Å². The van der Waals surface area contributed by atoms with Gasteiger partial charge in [0.2, 0.25) is 5.91 Å². The van der Waals surface area contributed by atoms with Gasteiger partial charge in [-0.25, -0.2) is 0 Å². The fraction of sp³-hybridized carbons (Fsp3) is 0.450. The summed E-state index contributed by atoms with van der Waals surface area (Å²) in [6, 6.07) is 12.4. The normalized spacial score (nSPS) is 12.2. The fourth-order valence-electron chi connectivity index (χ4n) is 2.90. The van der Waals surface area contributed by atoms with Gasteiger partial charge in [-0.15, -0.1) is 11.3 Å². The van der Waals surface area contributed by atoms with Crippen LogP contribution in [0.5, 0.6) is 5.75 Å². The molecule has 0 bridgehead atoms. The Kier molecular flexibility index (Phi) is 7.95. The van der Waals surface area contributed by atoms with Crippen LogP contribution in [0.4, 0.5) is 0 Å². The Labute approximate surface area is 154 Å². The first kappa shape index (κ1) is 19.5. The van der Waals surface area contributed by atoms with E-state index >= 15 is 0 Å². The van der Waals surface area contributed by atoms with Crippen molar-refractivity contribution in [3.05, 3.63) is 52.2 Å². The molecule has 0 saturated carbocycles. The number of amides is 1. The highest BCUT2D eigenvalue weighted by Crippen LogP contribution is 2.24. The molecule has 136 valence electrons. The number of thiophene rings is 1. The topological polar surface area (TPSA) is 41.6 Å². The number of ether oxygens (including phenoxy) is 1. The van der Waals surface area contributed by atoms with E-state index in [1.165, 1.54) is 4.88 Å². The monoisotopic (exact) mass is 360 g/mol. The molecule has 1 N–H and O–H groups in total. The number of rotatable bonds is 10. The third-order valence-electron chi connectivity index (χ3n) is 4.42. The van der Waals surface area contributed by atoms with Crippen LogP contribution in [0, 0.1) is 0 Å². The highest BCUT2D eigenvalue weighted by Gasteiger charge is 2.19. The number of aryl methyl sites for hydroxylation is 1. The Morgan fingerprint density at radius 2 is 1.92 bits per heavy atom. The van der Waals surface area contributed by atoms with Gasteiger partial charge in [0.15, 0.2) is 0 Å². The number of methoxy groups -OCH3 is 1. The lowest BCUT2D eigenvalue weighted by atomic mass is 10.1. The van der Waals surface area contributed by atoms with E-state index in [1.54, 1.807) is 18.4 Å². The number of hydrogen-bond acceptors (Lipinski definition) is 4. The third kappa shape index (κ3) is 5.87. The molecule has 1 aromatic heterocycles. The van der Waals surface area contributed by atoms with Crippen LogP contribution in [0.15, 0.2) is 41.8 Å². The Morgan fingerprint density at radius 3 is 2.48 bits per heavy atom. The van der Waals surface area contributed by atoms with Crippen molar-refractivity contribution in [2.45, 2.75) is 32.7 Å². The van der Waals surface area contributed by atoms with Crippen molar-refractivity contribution in [3.63, 3.8) is 0 Å². The summed E-state index contributed by atoms with van der Waals surface area (Å²) in [5, 5.41) is 5.21. The minimum absolute atomic E-state index is 0.101. The van der Waals surface area contributed by atoms with E-state index in [2.05, 4.69) is 41.6 Å². The number of likely N-dealkylation sites (N-methyl/N-ethyl adjacent to an activating group) is 1. The maximum absolute atomic E-state index is 12.3. The first-order chi connectivity index (χ1) is 12.2. The Hall–Kier alpha value is -1.85. The summed E-state index contributed by atoms with van der Waals surface area (Å²) in [6.07, 6.45) is 1.24. The number of hydrogen-bond donors (Lipinski definition) is 1. The molecule has 2 aromatic rings. The molecule has 1 aromatic carbocycles. The highest BCUT2D eigenvalue weighted by molar-refractivity contribution is 7.10. The van der Waals surface area contributed by atoms with E-state index in [4.69, 9.17) is 4.74 Å². The van der Waals surface area contributed by atoms with E-state index in [0.717, 1.165) is 30.8 Å². The van der Waals surface area contributed by atoms with Gasteiger partial charge in [-0.3, -0.25) is 9.69 Å². The first-order valence-corrected chi connectivity index (χ1v) is 9.73. The molecule has 1 atom stereocenters. The van der Waals surface area contributed by atoms with Crippen LogP contribution in [0.2, 0.25) is 0 Å². The summed E-state index contributed by atoms with van der Waals surface area (Å²) in [7, 11) is 1.66. The van der Waals surface area contributed by atoms with E-state index in [0.29, 0.717) is 13.0 Å². The number of nitrogens with one attached hydrogen (secondary N) is 1.